The number of phenols is 1. The highest BCUT2D eigenvalue weighted by molar-refractivity contribution is 6.32. The van der Waals surface area contributed by atoms with Crippen LogP contribution in [-0.2, 0) is 25.6 Å². The van der Waals surface area contributed by atoms with Crippen LogP contribution in [-0.4, -0.2) is 82.0 Å². The molecule has 0 spiro atoms. The van der Waals surface area contributed by atoms with Crippen LogP contribution in [0.3, 0.4) is 0 Å². The number of pyridine rings is 1. The molecule has 6 atom stereocenters. The van der Waals surface area contributed by atoms with Gasteiger partial charge in [0.05, 0.1) is 24.6 Å². The minimum atomic E-state index is -2.75. The zero-order chi connectivity index (χ0) is 27.7. The first kappa shape index (κ1) is 25.7. The molecule has 0 aliphatic heterocycles. The second-order valence-corrected chi connectivity index (χ2v) is 10.4. The molecule has 5 rings (SSSR count). The normalized spacial score (nSPS) is 30.5. The van der Waals surface area contributed by atoms with Gasteiger partial charge in [-0.1, -0.05) is 6.07 Å². The number of primary amides is 1. The molecule has 3 aliphatic rings. The first-order valence-corrected chi connectivity index (χ1v) is 12.1. The van der Waals surface area contributed by atoms with Crippen LogP contribution in [0.15, 0.2) is 30.6 Å². The number of aromatic hydroxyl groups is 1. The van der Waals surface area contributed by atoms with Gasteiger partial charge in [0.15, 0.2) is 34.7 Å². The van der Waals surface area contributed by atoms with E-state index in [1.54, 1.807) is 38.6 Å². The van der Waals surface area contributed by atoms with E-state index in [9.17, 15) is 34.2 Å². The van der Waals surface area contributed by atoms with Crippen molar-refractivity contribution in [2.45, 2.75) is 24.5 Å². The summed E-state index contributed by atoms with van der Waals surface area (Å²) in [5.74, 6) is -10.3. The zero-order valence-electron chi connectivity index (χ0n) is 21.0. The molecule has 1 heterocycles. The predicted molar refractivity (Wildman–Crippen MR) is 131 cm³/mol. The Labute approximate surface area is 217 Å². The number of aliphatic hydroxyl groups is 1. The molecule has 1 aromatic carbocycles. The van der Waals surface area contributed by atoms with E-state index >= 15 is 0 Å². The van der Waals surface area contributed by atoms with E-state index in [0.717, 1.165) is 0 Å². The van der Waals surface area contributed by atoms with Gasteiger partial charge in [0.1, 0.15) is 11.5 Å². The van der Waals surface area contributed by atoms with Crippen molar-refractivity contribution in [3.8, 4) is 22.6 Å². The Balaban J connectivity index is 1.67. The predicted octanol–water partition coefficient (Wildman–Crippen LogP) is -0.0624. The molecular weight excluding hydrogens is 494 g/mol. The minimum absolute atomic E-state index is 0.0246. The van der Waals surface area contributed by atoms with E-state index in [4.69, 9.17) is 10.5 Å². The van der Waals surface area contributed by atoms with Crippen LogP contribution in [0.25, 0.3) is 11.1 Å². The van der Waals surface area contributed by atoms with Crippen LogP contribution >= 0.6 is 0 Å². The summed E-state index contributed by atoms with van der Waals surface area (Å²) in [6, 6.07) is 3.47. The Bertz CT molecular complexity index is 1420. The summed E-state index contributed by atoms with van der Waals surface area (Å²) in [6.45, 7) is 0. The van der Waals surface area contributed by atoms with Gasteiger partial charge in [0.25, 0.3) is 0 Å². The molecule has 2 fully saturated rings. The molecule has 11 heteroatoms. The molecule has 1 amide bonds. The van der Waals surface area contributed by atoms with Crippen LogP contribution in [0.2, 0.25) is 0 Å². The van der Waals surface area contributed by atoms with Crippen molar-refractivity contribution in [3.63, 3.8) is 0 Å². The standard InChI is InChI=1S/C27H27N3O8/c1-30(2)21-15-9-11-8-13-12(14-10-29-7-6-17(14)38-3)4-5-16(31)19(13)22(32)18(11)24(34)27(15,37)25(35)20(23(21)33)26(28)36/h4-7,10-11,15,18,20-21,31,37H,8-9H2,1-3H3,(H2,28,36). The average Bonchev–Trinajstić information content (AvgIpc) is 2.86. The Hall–Kier alpha value is -3.96. The highest BCUT2D eigenvalue weighted by Gasteiger charge is 2.69. The van der Waals surface area contributed by atoms with Crippen molar-refractivity contribution >= 4 is 29.0 Å². The molecule has 6 unspecified atom stereocenters. The smallest absolute Gasteiger partial charge is 0.235 e. The van der Waals surface area contributed by atoms with E-state index in [0.29, 0.717) is 22.4 Å². The van der Waals surface area contributed by atoms with Crippen LogP contribution in [0.5, 0.6) is 11.5 Å². The van der Waals surface area contributed by atoms with Crippen molar-refractivity contribution in [2.24, 2.45) is 29.4 Å². The van der Waals surface area contributed by atoms with Gasteiger partial charge in [-0.3, -0.25) is 33.9 Å². The monoisotopic (exact) mass is 521 g/mol. The third-order valence-corrected chi connectivity index (χ3v) is 8.24. The molecule has 1 aromatic heterocycles. The van der Waals surface area contributed by atoms with E-state index < -0.39 is 64.4 Å². The largest absolute Gasteiger partial charge is 0.507 e. The maximum atomic E-state index is 13.9. The molecule has 2 aromatic rings. The Morgan fingerprint density at radius 3 is 2.47 bits per heavy atom. The Morgan fingerprint density at radius 1 is 1.13 bits per heavy atom. The van der Waals surface area contributed by atoms with E-state index in [1.165, 1.54) is 18.1 Å². The third kappa shape index (κ3) is 3.35. The van der Waals surface area contributed by atoms with Crippen LogP contribution in [0, 0.1) is 23.7 Å². The number of hydrogen-bond donors (Lipinski definition) is 3. The van der Waals surface area contributed by atoms with Gasteiger partial charge in [-0.25, -0.2) is 0 Å². The van der Waals surface area contributed by atoms with Crippen LogP contribution in [0.1, 0.15) is 22.3 Å². The number of aromatic nitrogens is 1. The van der Waals surface area contributed by atoms with E-state index in [-0.39, 0.29) is 24.2 Å². The molecule has 0 bridgehead atoms. The number of methoxy groups -OCH3 is 1. The fourth-order valence-corrected chi connectivity index (χ4v) is 6.62. The van der Waals surface area contributed by atoms with E-state index in [2.05, 4.69) is 4.98 Å². The van der Waals surface area contributed by atoms with Crippen molar-refractivity contribution in [1.82, 2.24) is 9.88 Å². The molecule has 0 saturated heterocycles. The number of nitrogens with two attached hydrogens (primary N) is 1. The van der Waals surface area contributed by atoms with Gasteiger partial charge < -0.3 is 20.7 Å². The van der Waals surface area contributed by atoms with Crippen molar-refractivity contribution in [2.75, 3.05) is 21.2 Å². The number of carbonyl (C=O) groups is 5. The van der Waals surface area contributed by atoms with Crippen molar-refractivity contribution in [3.05, 3.63) is 41.7 Å². The number of phenolic OH excluding ortho intramolecular Hbond substituents is 1. The summed E-state index contributed by atoms with van der Waals surface area (Å²) in [4.78, 5) is 71.9. The zero-order valence-corrected chi connectivity index (χ0v) is 21.0. The second-order valence-electron chi connectivity index (χ2n) is 10.4. The summed E-state index contributed by atoms with van der Waals surface area (Å²) < 4.78 is 5.46. The van der Waals surface area contributed by atoms with Gasteiger partial charge in [-0.05, 0) is 56.1 Å². The highest BCUT2D eigenvalue weighted by Crippen LogP contribution is 2.52. The SMILES string of the molecule is COc1ccncc1-c1ccc(O)c2c1CC1CC3C(N(C)C)C(=O)C(C(N)=O)C(=O)C3(O)C(=O)C1C2=O. The van der Waals surface area contributed by atoms with Crippen molar-refractivity contribution in [1.29, 1.82) is 0 Å². The first-order valence-electron chi connectivity index (χ1n) is 12.1. The summed E-state index contributed by atoms with van der Waals surface area (Å²) in [5.41, 5.74) is 4.14. The van der Waals surface area contributed by atoms with Gasteiger partial charge in [-0.2, -0.15) is 0 Å². The quantitative estimate of drug-likeness (QED) is 0.462. The average molecular weight is 522 g/mol. The maximum absolute atomic E-state index is 13.9. The van der Waals surface area contributed by atoms with Crippen LogP contribution < -0.4 is 10.5 Å². The topological polar surface area (TPSA) is 177 Å². The van der Waals surface area contributed by atoms with Gasteiger partial charge in [0, 0.05) is 23.9 Å². The molecule has 0 radical (unpaired) electrons. The maximum Gasteiger partial charge on any atom is 0.235 e. The number of Topliss-reactive ketones (excluding diaryl/α,β-unsaturated/α-hetero) is 4. The summed E-state index contributed by atoms with van der Waals surface area (Å²) >= 11 is 0. The number of hydrogen-bond acceptors (Lipinski definition) is 10. The third-order valence-electron chi connectivity index (χ3n) is 8.24. The number of likely N-dealkylation sites (N-methyl/N-ethyl adjacent to an activating group) is 1. The Morgan fingerprint density at radius 2 is 1.84 bits per heavy atom. The molecule has 38 heavy (non-hydrogen) atoms. The second kappa shape index (κ2) is 8.81. The van der Waals surface area contributed by atoms with Gasteiger partial charge in [0.2, 0.25) is 5.91 Å². The lowest BCUT2D eigenvalue weighted by molar-refractivity contribution is -0.181. The lowest BCUT2D eigenvalue weighted by atomic mass is 9.52. The molecule has 3 aliphatic carbocycles. The van der Waals surface area contributed by atoms with Crippen molar-refractivity contribution < 1.29 is 38.9 Å². The minimum Gasteiger partial charge on any atom is -0.507 e. The summed E-state index contributed by atoms with van der Waals surface area (Å²) in [6.07, 6.45) is 3.24. The highest BCUT2D eigenvalue weighted by atomic mass is 16.5. The fourth-order valence-electron chi connectivity index (χ4n) is 6.62. The first-order chi connectivity index (χ1) is 17.9. The molecule has 2 saturated carbocycles. The number of amides is 1. The van der Waals surface area contributed by atoms with Crippen LogP contribution in [0.4, 0.5) is 0 Å². The molecule has 198 valence electrons. The number of fused-ring (bicyclic) bond motifs is 3. The fraction of sp³-hybridized carbons (Fsp3) is 0.407. The lowest BCUT2D eigenvalue weighted by Crippen LogP contribution is -2.74. The molecule has 4 N–H and O–H groups in total. The molecular formula is C27H27N3O8. The number of ketones is 4. The number of rotatable bonds is 4. The van der Waals surface area contributed by atoms with E-state index in [1.807, 2.05) is 0 Å². The van der Waals surface area contributed by atoms with Gasteiger partial charge >= 0.3 is 0 Å². The number of carbonyl (C=O) groups excluding carboxylic acids is 5. The Kier molecular flexibility index (Phi) is 5.96. The number of ether oxygens (including phenoxy) is 1. The number of nitrogens with zero attached hydrogens (tertiary/aromatic N) is 2. The summed E-state index contributed by atoms with van der Waals surface area (Å²) in [5, 5.41) is 22.3. The molecule has 11 nitrogen and oxygen atoms in total. The van der Waals surface area contributed by atoms with Gasteiger partial charge in [-0.15, -0.1) is 0 Å². The number of benzene rings is 1. The summed E-state index contributed by atoms with van der Waals surface area (Å²) in [7, 11) is 4.57. The lowest BCUT2D eigenvalue weighted by Gasteiger charge is -2.52.